The molecule has 0 aromatic carbocycles. The van der Waals surface area contributed by atoms with Gasteiger partial charge in [-0.2, -0.15) is 5.10 Å². The van der Waals surface area contributed by atoms with Crippen molar-refractivity contribution in [3.63, 3.8) is 0 Å². The summed E-state index contributed by atoms with van der Waals surface area (Å²) in [5.74, 6) is 0. The standard InChI is InChI=1S/C16H17N5O/c1-11-4-5-15-18-12(7-16(22)21(15)9-11)10-20-6-2-3-13-14(20)8-17-19-13/h4-5,7-9H,2-3,6,10H2,1H3,(H,17,19). The van der Waals surface area contributed by atoms with E-state index in [0.717, 1.165) is 36.3 Å². The molecule has 1 aliphatic heterocycles. The Hall–Kier alpha value is -2.63. The molecule has 0 saturated heterocycles. The fraction of sp³-hybridized carbons (Fsp3) is 0.312. The van der Waals surface area contributed by atoms with Crippen molar-refractivity contribution in [1.29, 1.82) is 0 Å². The van der Waals surface area contributed by atoms with Crippen LogP contribution >= 0.6 is 0 Å². The third kappa shape index (κ3) is 2.16. The third-order valence-electron chi connectivity index (χ3n) is 4.10. The summed E-state index contributed by atoms with van der Waals surface area (Å²) in [6.45, 7) is 3.56. The maximum atomic E-state index is 12.3. The Kier molecular flexibility index (Phi) is 2.96. The van der Waals surface area contributed by atoms with E-state index in [1.165, 1.54) is 5.69 Å². The number of H-pyrrole nitrogens is 1. The Morgan fingerprint density at radius 3 is 3.18 bits per heavy atom. The minimum absolute atomic E-state index is 0.0341. The van der Waals surface area contributed by atoms with Gasteiger partial charge in [-0.3, -0.25) is 14.3 Å². The van der Waals surface area contributed by atoms with Gasteiger partial charge < -0.3 is 4.90 Å². The lowest BCUT2D eigenvalue weighted by atomic mass is 10.1. The zero-order valence-electron chi connectivity index (χ0n) is 12.4. The molecule has 1 N–H and O–H groups in total. The number of rotatable bonds is 2. The summed E-state index contributed by atoms with van der Waals surface area (Å²) >= 11 is 0. The molecule has 0 spiro atoms. The number of nitrogens with zero attached hydrogens (tertiary/aromatic N) is 4. The van der Waals surface area contributed by atoms with Crippen molar-refractivity contribution in [2.75, 3.05) is 11.4 Å². The highest BCUT2D eigenvalue weighted by molar-refractivity contribution is 5.51. The van der Waals surface area contributed by atoms with Gasteiger partial charge in [0.2, 0.25) is 0 Å². The number of fused-ring (bicyclic) bond motifs is 2. The van der Waals surface area contributed by atoms with Gasteiger partial charge in [0.05, 0.1) is 29.8 Å². The summed E-state index contributed by atoms with van der Waals surface area (Å²) in [7, 11) is 0. The van der Waals surface area contributed by atoms with Crippen molar-refractivity contribution >= 4 is 11.3 Å². The average Bonchev–Trinajstić information content (AvgIpc) is 2.98. The van der Waals surface area contributed by atoms with E-state index in [1.807, 2.05) is 31.5 Å². The van der Waals surface area contributed by atoms with Crippen molar-refractivity contribution < 1.29 is 0 Å². The molecular formula is C16H17N5O. The maximum absolute atomic E-state index is 12.3. The summed E-state index contributed by atoms with van der Waals surface area (Å²) in [6, 6.07) is 5.49. The molecule has 0 atom stereocenters. The first-order valence-corrected chi connectivity index (χ1v) is 7.47. The van der Waals surface area contributed by atoms with Crippen molar-refractivity contribution in [3.8, 4) is 0 Å². The van der Waals surface area contributed by atoms with Gasteiger partial charge in [0.1, 0.15) is 5.65 Å². The van der Waals surface area contributed by atoms with E-state index in [2.05, 4.69) is 20.1 Å². The van der Waals surface area contributed by atoms with Crippen LogP contribution in [0.1, 0.15) is 23.4 Å². The highest BCUT2D eigenvalue weighted by Gasteiger charge is 2.19. The number of hydrogen-bond donors (Lipinski definition) is 1. The monoisotopic (exact) mass is 295 g/mol. The average molecular weight is 295 g/mol. The summed E-state index contributed by atoms with van der Waals surface area (Å²) in [5.41, 5.74) is 4.79. The molecule has 0 aliphatic carbocycles. The molecule has 22 heavy (non-hydrogen) atoms. The van der Waals surface area contributed by atoms with E-state index in [4.69, 9.17) is 0 Å². The molecule has 6 nitrogen and oxygen atoms in total. The fourth-order valence-electron chi connectivity index (χ4n) is 3.03. The predicted molar refractivity (Wildman–Crippen MR) is 84.2 cm³/mol. The van der Waals surface area contributed by atoms with Gasteiger partial charge in [0, 0.05) is 18.8 Å². The first kappa shape index (κ1) is 13.1. The normalized spacial score (nSPS) is 14.3. The Morgan fingerprint density at radius 2 is 2.27 bits per heavy atom. The van der Waals surface area contributed by atoms with Gasteiger partial charge in [-0.05, 0) is 31.4 Å². The Labute approximate surface area is 127 Å². The summed E-state index contributed by atoms with van der Waals surface area (Å²) in [6.07, 6.45) is 5.79. The van der Waals surface area contributed by atoms with E-state index >= 15 is 0 Å². The van der Waals surface area contributed by atoms with Crippen LogP contribution in [-0.2, 0) is 13.0 Å². The summed E-state index contributed by atoms with van der Waals surface area (Å²) in [4.78, 5) is 19.1. The SMILES string of the molecule is Cc1ccc2nc(CN3CCCc4[nH]ncc43)cc(=O)n2c1. The molecule has 6 heteroatoms. The molecule has 0 fully saturated rings. The molecule has 0 unspecified atom stereocenters. The lowest BCUT2D eigenvalue weighted by Crippen LogP contribution is -2.29. The van der Waals surface area contributed by atoms with Crippen LogP contribution < -0.4 is 10.5 Å². The van der Waals surface area contributed by atoms with E-state index in [0.29, 0.717) is 12.2 Å². The van der Waals surface area contributed by atoms with E-state index < -0.39 is 0 Å². The molecule has 3 aromatic heterocycles. The topological polar surface area (TPSA) is 66.3 Å². The van der Waals surface area contributed by atoms with Crippen molar-refractivity contribution in [1.82, 2.24) is 19.6 Å². The number of aromatic amines is 1. The highest BCUT2D eigenvalue weighted by Crippen LogP contribution is 2.25. The van der Waals surface area contributed by atoms with Gasteiger partial charge in [-0.15, -0.1) is 0 Å². The van der Waals surface area contributed by atoms with E-state index in [9.17, 15) is 4.79 Å². The molecule has 4 rings (SSSR count). The van der Waals surface area contributed by atoms with Gasteiger partial charge in [0.15, 0.2) is 0 Å². The van der Waals surface area contributed by atoms with Crippen LogP contribution in [0.3, 0.4) is 0 Å². The number of nitrogens with one attached hydrogen (secondary N) is 1. The largest absolute Gasteiger partial charge is 0.363 e. The maximum Gasteiger partial charge on any atom is 0.258 e. The number of hydrogen-bond acceptors (Lipinski definition) is 4. The second-order valence-electron chi connectivity index (χ2n) is 5.78. The summed E-state index contributed by atoms with van der Waals surface area (Å²) in [5, 5.41) is 7.16. The van der Waals surface area contributed by atoms with Crippen LogP contribution in [0.25, 0.3) is 5.65 Å². The Balaban J connectivity index is 1.71. The van der Waals surface area contributed by atoms with Crippen LogP contribution in [0.5, 0.6) is 0 Å². The zero-order valence-corrected chi connectivity index (χ0v) is 12.4. The van der Waals surface area contributed by atoms with Gasteiger partial charge in [-0.1, -0.05) is 6.07 Å². The minimum Gasteiger partial charge on any atom is -0.363 e. The van der Waals surface area contributed by atoms with Crippen LogP contribution in [-0.4, -0.2) is 26.1 Å². The number of aromatic nitrogens is 4. The van der Waals surface area contributed by atoms with Gasteiger partial charge >= 0.3 is 0 Å². The second-order valence-corrected chi connectivity index (χ2v) is 5.78. The molecule has 1 aliphatic rings. The molecule has 112 valence electrons. The molecular weight excluding hydrogens is 278 g/mol. The van der Waals surface area contributed by atoms with E-state index in [1.54, 1.807) is 10.5 Å². The quantitative estimate of drug-likeness (QED) is 0.781. The van der Waals surface area contributed by atoms with Crippen LogP contribution in [0.4, 0.5) is 5.69 Å². The van der Waals surface area contributed by atoms with Crippen molar-refractivity contribution in [2.24, 2.45) is 0 Å². The Bertz CT molecular complexity index is 895. The molecule has 0 bridgehead atoms. The third-order valence-corrected chi connectivity index (χ3v) is 4.10. The van der Waals surface area contributed by atoms with Gasteiger partial charge in [0.25, 0.3) is 5.56 Å². The lowest BCUT2D eigenvalue weighted by molar-refractivity contribution is 0.675. The molecule has 3 aromatic rings. The molecule has 0 saturated carbocycles. The predicted octanol–water partition coefficient (Wildman–Crippen LogP) is 1.68. The van der Waals surface area contributed by atoms with Crippen LogP contribution in [0, 0.1) is 6.92 Å². The van der Waals surface area contributed by atoms with Crippen molar-refractivity contribution in [2.45, 2.75) is 26.3 Å². The minimum atomic E-state index is -0.0341. The number of aryl methyl sites for hydroxylation is 2. The van der Waals surface area contributed by atoms with Gasteiger partial charge in [-0.25, -0.2) is 4.98 Å². The van der Waals surface area contributed by atoms with E-state index in [-0.39, 0.29) is 5.56 Å². The van der Waals surface area contributed by atoms with Crippen LogP contribution in [0.2, 0.25) is 0 Å². The summed E-state index contributed by atoms with van der Waals surface area (Å²) < 4.78 is 1.60. The lowest BCUT2D eigenvalue weighted by Gasteiger charge is -2.27. The van der Waals surface area contributed by atoms with Crippen LogP contribution in [0.15, 0.2) is 35.4 Å². The fourth-order valence-corrected chi connectivity index (χ4v) is 3.03. The number of pyridine rings is 1. The zero-order chi connectivity index (χ0) is 15.1. The second kappa shape index (κ2) is 4.98. The molecule has 0 amide bonds. The first-order valence-electron chi connectivity index (χ1n) is 7.47. The molecule has 0 radical (unpaired) electrons. The number of anilines is 1. The smallest absolute Gasteiger partial charge is 0.258 e. The molecule has 4 heterocycles. The first-order chi connectivity index (χ1) is 10.7. The van der Waals surface area contributed by atoms with Crippen molar-refractivity contribution in [3.05, 3.63) is 57.9 Å². The Morgan fingerprint density at radius 1 is 1.36 bits per heavy atom. The highest BCUT2D eigenvalue weighted by atomic mass is 16.1.